The molecule has 1 atom stereocenters. The molecule has 2 aromatic rings. The summed E-state index contributed by atoms with van der Waals surface area (Å²) in [6.07, 6.45) is -0.175. The third-order valence-corrected chi connectivity index (χ3v) is 3.80. The van der Waals surface area contributed by atoms with Gasteiger partial charge in [0.2, 0.25) is 0 Å². The van der Waals surface area contributed by atoms with E-state index in [4.69, 9.17) is 0 Å². The predicted molar refractivity (Wildman–Crippen MR) is 78.3 cm³/mol. The van der Waals surface area contributed by atoms with E-state index in [1.807, 2.05) is 55.5 Å². The Bertz CT molecular complexity index is 751. The maximum absolute atomic E-state index is 12.3. The Kier molecular flexibility index (Phi) is 2.21. The van der Waals surface area contributed by atoms with E-state index in [0.717, 1.165) is 22.8 Å². The lowest BCUT2D eigenvalue weighted by molar-refractivity contribution is 0.0930. The van der Waals surface area contributed by atoms with Crippen LogP contribution < -0.4 is 10.2 Å². The number of hydrogen-bond donors (Lipinski definition) is 1. The number of para-hydroxylation sites is 2. The van der Waals surface area contributed by atoms with Gasteiger partial charge >= 0.3 is 0 Å². The van der Waals surface area contributed by atoms with Crippen LogP contribution in [0, 0.1) is 0 Å². The molecule has 4 rings (SSSR count). The number of fused-ring (bicyclic) bond motifs is 5. The van der Waals surface area contributed by atoms with E-state index in [0.29, 0.717) is 5.56 Å². The first-order chi connectivity index (χ1) is 9.75. The quantitative estimate of drug-likeness (QED) is 0.794. The fraction of sp³-hybridized carbons (Fsp3) is 0.125. The van der Waals surface area contributed by atoms with E-state index in [2.05, 4.69) is 15.2 Å². The highest BCUT2D eigenvalue weighted by Gasteiger charge is 2.36. The van der Waals surface area contributed by atoms with Gasteiger partial charge in [-0.2, -0.15) is 0 Å². The largest absolute Gasteiger partial charge is 0.327 e. The summed E-state index contributed by atoms with van der Waals surface area (Å²) < 4.78 is 0. The molecule has 2 heterocycles. The molecule has 0 radical (unpaired) electrons. The highest BCUT2D eigenvalue weighted by Crippen LogP contribution is 2.40. The number of aliphatic imine (C=N–C) groups is 1. The molecule has 0 aromatic heterocycles. The average molecular weight is 263 g/mol. The molecule has 1 unspecified atom stereocenters. The number of carbonyl (C=O) groups is 1. The maximum atomic E-state index is 12.3. The first kappa shape index (κ1) is 11.2. The van der Waals surface area contributed by atoms with Gasteiger partial charge in [0.05, 0.1) is 16.9 Å². The monoisotopic (exact) mass is 263 g/mol. The second kappa shape index (κ2) is 3.93. The van der Waals surface area contributed by atoms with Crippen molar-refractivity contribution in [3.05, 3.63) is 59.7 Å². The van der Waals surface area contributed by atoms with E-state index < -0.39 is 0 Å². The van der Waals surface area contributed by atoms with Crippen LogP contribution in [0.5, 0.6) is 0 Å². The summed E-state index contributed by atoms with van der Waals surface area (Å²) in [4.78, 5) is 19.0. The number of benzene rings is 2. The number of amides is 1. The Hall–Kier alpha value is -2.62. The number of hydrogen-bond acceptors (Lipinski definition) is 3. The molecular formula is C16H13N3O. The van der Waals surface area contributed by atoms with Gasteiger partial charge in [-0.25, -0.2) is 4.99 Å². The summed E-state index contributed by atoms with van der Waals surface area (Å²) in [5.41, 5.74) is 3.56. The lowest BCUT2D eigenvalue weighted by atomic mass is 10.0. The average Bonchev–Trinajstić information content (AvgIpc) is 2.47. The zero-order valence-corrected chi connectivity index (χ0v) is 11.0. The molecule has 0 saturated heterocycles. The Morgan fingerprint density at radius 3 is 2.75 bits per heavy atom. The summed E-state index contributed by atoms with van der Waals surface area (Å²) in [5, 5.41) is 3.07. The molecule has 4 heteroatoms. The molecule has 1 amide bonds. The van der Waals surface area contributed by atoms with Gasteiger partial charge in [0.1, 0.15) is 12.0 Å². The van der Waals surface area contributed by atoms with E-state index in [9.17, 15) is 4.79 Å². The molecule has 0 aliphatic carbocycles. The molecule has 0 bridgehead atoms. The molecule has 2 aromatic carbocycles. The summed E-state index contributed by atoms with van der Waals surface area (Å²) in [6.45, 7) is 1.97. The number of anilines is 1. The summed E-state index contributed by atoms with van der Waals surface area (Å²) in [6, 6.07) is 15.6. The number of nitrogens with zero attached hydrogens (tertiary/aromatic N) is 2. The van der Waals surface area contributed by atoms with Gasteiger partial charge in [-0.05, 0) is 25.1 Å². The highest BCUT2D eigenvalue weighted by molar-refractivity contribution is 6.10. The smallest absolute Gasteiger partial charge is 0.255 e. The maximum Gasteiger partial charge on any atom is 0.255 e. The van der Waals surface area contributed by atoms with Crippen LogP contribution in [0.25, 0.3) is 0 Å². The Balaban J connectivity index is 1.97. The zero-order chi connectivity index (χ0) is 13.7. The van der Waals surface area contributed by atoms with E-state index >= 15 is 0 Å². The fourth-order valence-electron chi connectivity index (χ4n) is 2.91. The third-order valence-electron chi connectivity index (χ3n) is 3.80. The minimum atomic E-state index is -0.175. The Morgan fingerprint density at radius 1 is 1.10 bits per heavy atom. The van der Waals surface area contributed by atoms with Crippen molar-refractivity contribution in [1.82, 2.24) is 5.32 Å². The molecule has 4 nitrogen and oxygen atoms in total. The van der Waals surface area contributed by atoms with Gasteiger partial charge < -0.3 is 10.2 Å². The van der Waals surface area contributed by atoms with E-state index in [1.54, 1.807) is 0 Å². The van der Waals surface area contributed by atoms with Crippen molar-refractivity contribution in [2.24, 2.45) is 4.99 Å². The topological polar surface area (TPSA) is 44.7 Å². The van der Waals surface area contributed by atoms with Crippen LogP contribution in [0.1, 0.15) is 29.0 Å². The third kappa shape index (κ3) is 1.42. The first-order valence-corrected chi connectivity index (χ1v) is 6.59. The SMILES string of the molecule is CC1=Nc2ccccc2C2NC(=O)c3ccccc3N12. The summed E-state index contributed by atoms with van der Waals surface area (Å²) in [5.74, 6) is 0.854. The van der Waals surface area contributed by atoms with Crippen molar-refractivity contribution in [2.45, 2.75) is 13.1 Å². The molecule has 2 aliphatic rings. The molecule has 1 N–H and O–H groups in total. The van der Waals surface area contributed by atoms with Crippen molar-refractivity contribution >= 4 is 23.1 Å². The predicted octanol–water partition coefficient (Wildman–Crippen LogP) is 3.00. The molecule has 2 aliphatic heterocycles. The number of rotatable bonds is 0. The Morgan fingerprint density at radius 2 is 1.85 bits per heavy atom. The second-order valence-electron chi connectivity index (χ2n) is 4.98. The van der Waals surface area contributed by atoms with Crippen LogP contribution >= 0.6 is 0 Å². The molecular weight excluding hydrogens is 250 g/mol. The number of nitrogens with one attached hydrogen (secondary N) is 1. The minimum absolute atomic E-state index is 0.0358. The van der Waals surface area contributed by atoms with Crippen LogP contribution in [-0.4, -0.2) is 11.7 Å². The summed E-state index contributed by atoms with van der Waals surface area (Å²) >= 11 is 0. The lowest BCUT2D eigenvalue weighted by Crippen LogP contribution is -2.49. The van der Waals surface area contributed by atoms with Gasteiger partial charge in [0, 0.05) is 5.56 Å². The number of carbonyl (C=O) groups excluding carboxylic acids is 1. The summed E-state index contributed by atoms with van der Waals surface area (Å²) in [7, 11) is 0. The number of amidine groups is 1. The zero-order valence-electron chi connectivity index (χ0n) is 11.0. The van der Waals surface area contributed by atoms with Gasteiger partial charge in [0.15, 0.2) is 0 Å². The van der Waals surface area contributed by atoms with Crippen LogP contribution in [0.2, 0.25) is 0 Å². The van der Waals surface area contributed by atoms with Crippen molar-refractivity contribution in [3.8, 4) is 0 Å². The van der Waals surface area contributed by atoms with Crippen LogP contribution in [0.4, 0.5) is 11.4 Å². The Labute approximate surface area is 116 Å². The lowest BCUT2D eigenvalue weighted by Gasteiger charge is -2.41. The van der Waals surface area contributed by atoms with E-state index in [-0.39, 0.29) is 12.1 Å². The minimum Gasteiger partial charge on any atom is -0.327 e. The fourth-order valence-corrected chi connectivity index (χ4v) is 2.91. The van der Waals surface area contributed by atoms with Crippen LogP contribution in [-0.2, 0) is 0 Å². The second-order valence-corrected chi connectivity index (χ2v) is 4.98. The molecule has 20 heavy (non-hydrogen) atoms. The highest BCUT2D eigenvalue weighted by atomic mass is 16.2. The van der Waals surface area contributed by atoms with Crippen molar-refractivity contribution < 1.29 is 4.79 Å². The molecule has 0 fully saturated rings. The first-order valence-electron chi connectivity index (χ1n) is 6.59. The van der Waals surface area contributed by atoms with Crippen LogP contribution in [0.3, 0.4) is 0 Å². The normalized spacial score (nSPS) is 19.4. The van der Waals surface area contributed by atoms with E-state index in [1.165, 1.54) is 0 Å². The van der Waals surface area contributed by atoms with Gasteiger partial charge in [-0.15, -0.1) is 0 Å². The standard InChI is InChI=1S/C16H13N3O/c1-10-17-13-8-4-2-6-11(13)15-18-16(20)12-7-3-5-9-14(12)19(10)15/h2-9,15H,1H3,(H,18,20). The molecule has 0 spiro atoms. The van der Waals surface area contributed by atoms with Gasteiger partial charge in [-0.1, -0.05) is 30.3 Å². The molecule has 0 saturated carbocycles. The van der Waals surface area contributed by atoms with Crippen molar-refractivity contribution in [3.63, 3.8) is 0 Å². The van der Waals surface area contributed by atoms with Gasteiger partial charge in [-0.3, -0.25) is 4.79 Å². The van der Waals surface area contributed by atoms with Crippen LogP contribution in [0.15, 0.2) is 53.5 Å². The van der Waals surface area contributed by atoms with Gasteiger partial charge in [0.25, 0.3) is 5.91 Å². The van der Waals surface area contributed by atoms with Crippen molar-refractivity contribution in [2.75, 3.05) is 4.90 Å². The molecule has 98 valence electrons. The van der Waals surface area contributed by atoms with Crippen molar-refractivity contribution in [1.29, 1.82) is 0 Å².